The zero-order chi connectivity index (χ0) is 20.9. The fourth-order valence-corrected chi connectivity index (χ4v) is 5.01. The van der Waals surface area contributed by atoms with E-state index in [4.69, 9.17) is 0 Å². The largest absolute Gasteiger partial charge is 0.419 e. The number of hydrogen-bond acceptors (Lipinski definition) is 0. The minimum absolute atomic E-state index is 0.256. The van der Waals surface area contributed by atoms with Gasteiger partial charge >= 0.3 is 6.18 Å². The maximum absolute atomic E-state index is 13.6. The molecule has 0 bridgehead atoms. The fraction of sp³-hybridized carbons (Fsp3) is 0.600. The van der Waals surface area contributed by atoms with Gasteiger partial charge < -0.3 is 0 Å². The molecule has 0 radical (unpaired) electrons. The first-order chi connectivity index (χ1) is 13.9. The van der Waals surface area contributed by atoms with Crippen LogP contribution in [-0.2, 0) is 6.18 Å². The van der Waals surface area contributed by atoms with Crippen LogP contribution in [0.1, 0.15) is 75.8 Å². The second-order valence-electron chi connectivity index (χ2n) is 8.68. The van der Waals surface area contributed by atoms with E-state index in [1.54, 1.807) is 6.08 Å². The molecule has 2 saturated carbocycles. The monoisotopic (exact) mass is 406 g/mol. The molecule has 0 atom stereocenters. The zero-order valence-corrected chi connectivity index (χ0v) is 17.1. The normalized spacial score (nSPS) is 28.2. The first kappa shape index (κ1) is 21.9. The van der Waals surface area contributed by atoms with Gasteiger partial charge in [0.2, 0.25) is 0 Å². The summed E-state index contributed by atoms with van der Waals surface area (Å²) < 4.78 is 51.3. The highest BCUT2D eigenvalue weighted by atomic mass is 19.4. The highest BCUT2D eigenvalue weighted by Gasteiger charge is 2.34. The van der Waals surface area contributed by atoms with Crippen molar-refractivity contribution in [2.45, 2.75) is 70.9 Å². The summed E-state index contributed by atoms with van der Waals surface area (Å²) >= 11 is 0. The highest BCUT2D eigenvalue weighted by molar-refractivity contribution is 5.39. The number of hydrogen-bond donors (Lipinski definition) is 0. The summed E-state index contributed by atoms with van der Waals surface area (Å²) in [5.41, 5.74) is -0.995. The third-order valence-corrected chi connectivity index (χ3v) is 6.89. The summed E-state index contributed by atoms with van der Waals surface area (Å²) in [5, 5.41) is 0. The fourth-order valence-electron chi connectivity index (χ4n) is 5.01. The average molecular weight is 407 g/mol. The lowest BCUT2D eigenvalue weighted by Gasteiger charge is -2.37. The van der Waals surface area contributed by atoms with Crippen molar-refractivity contribution in [2.75, 3.05) is 0 Å². The summed E-state index contributed by atoms with van der Waals surface area (Å²) in [5.74, 6) is 7.55. The van der Waals surface area contributed by atoms with E-state index in [0.29, 0.717) is 5.92 Å². The van der Waals surface area contributed by atoms with E-state index in [-0.39, 0.29) is 5.56 Å². The second-order valence-corrected chi connectivity index (χ2v) is 8.68. The molecular weight excluding hydrogens is 376 g/mol. The molecule has 0 heterocycles. The third-order valence-electron chi connectivity index (χ3n) is 6.89. The van der Waals surface area contributed by atoms with Gasteiger partial charge in [-0.25, -0.2) is 4.39 Å². The molecule has 0 aromatic heterocycles. The molecule has 4 heteroatoms. The topological polar surface area (TPSA) is 0 Å². The Morgan fingerprint density at radius 1 is 0.966 bits per heavy atom. The first-order valence-electron chi connectivity index (χ1n) is 10.9. The lowest BCUT2D eigenvalue weighted by Crippen LogP contribution is -2.25. The van der Waals surface area contributed by atoms with E-state index in [2.05, 4.69) is 24.8 Å². The standard InChI is InChI=1S/C25H30F4/c1-2-18-7-12-21(13-8-18)22-14-9-19(10-15-22)5-3-4-6-20-11-16-23(24(26)17-20)25(27,28)29/h3,5,11,16-19,21-22H,2,7-10,12-15H2,1H3. The van der Waals surface area contributed by atoms with E-state index < -0.39 is 17.6 Å². The third kappa shape index (κ3) is 6.11. The minimum Gasteiger partial charge on any atom is -0.206 e. The summed E-state index contributed by atoms with van der Waals surface area (Å²) in [6, 6.07) is 2.81. The summed E-state index contributed by atoms with van der Waals surface area (Å²) in [6.07, 6.45) is 11.1. The molecule has 3 rings (SSSR count). The Balaban J connectivity index is 1.46. The Labute approximate surface area is 171 Å². The molecule has 1 aromatic rings. The van der Waals surface area contributed by atoms with Crippen molar-refractivity contribution >= 4 is 0 Å². The van der Waals surface area contributed by atoms with Gasteiger partial charge in [0.25, 0.3) is 0 Å². The van der Waals surface area contributed by atoms with Crippen LogP contribution < -0.4 is 0 Å². The Bertz CT molecular complexity index is 749. The molecule has 2 fully saturated rings. The molecule has 0 spiro atoms. The molecule has 29 heavy (non-hydrogen) atoms. The highest BCUT2D eigenvalue weighted by Crippen LogP contribution is 2.42. The Morgan fingerprint density at radius 2 is 1.59 bits per heavy atom. The lowest BCUT2D eigenvalue weighted by molar-refractivity contribution is -0.140. The second kappa shape index (κ2) is 9.83. The van der Waals surface area contributed by atoms with E-state index in [0.717, 1.165) is 29.9 Å². The predicted molar refractivity (Wildman–Crippen MR) is 109 cm³/mol. The number of alkyl halides is 3. The number of benzene rings is 1. The van der Waals surface area contributed by atoms with Crippen LogP contribution in [0.5, 0.6) is 0 Å². The number of rotatable bonds is 3. The molecule has 0 N–H and O–H groups in total. The van der Waals surface area contributed by atoms with Gasteiger partial charge in [-0.3, -0.25) is 0 Å². The minimum atomic E-state index is -4.68. The molecule has 2 aliphatic rings. The van der Waals surface area contributed by atoms with E-state index in [1.807, 2.05) is 0 Å². The van der Waals surface area contributed by atoms with Crippen molar-refractivity contribution in [2.24, 2.45) is 23.7 Å². The predicted octanol–water partition coefficient (Wildman–Crippen LogP) is 7.78. The van der Waals surface area contributed by atoms with Crippen molar-refractivity contribution in [3.05, 3.63) is 47.3 Å². The van der Waals surface area contributed by atoms with Gasteiger partial charge in [0.05, 0.1) is 5.56 Å². The maximum Gasteiger partial charge on any atom is 0.419 e. The Kier molecular flexibility index (Phi) is 7.44. The van der Waals surface area contributed by atoms with Crippen LogP contribution in [0.15, 0.2) is 30.4 Å². The van der Waals surface area contributed by atoms with Crippen LogP contribution in [0.25, 0.3) is 0 Å². The van der Waals surface area contributed by atoms with Gasteiger partial charge in [0.15, 0.2) is 0 Å². The van der Waals surface area contributed by atoms with Crippen molar-refractivity contribution in [1.82, 2.24) is 0 Å². The molecule has 0 amide bonds. The van der Waals surface area contributed by atoms with E-state index in [1.165, 1.54) is 63.9 Å². The SMILES string of the molecule is CCC1CCC(C2CCC(C=CC#Cc3ccc(C(F)(F)F)c(F)c3)CC2)CC1. The van der Waals surface area contributed by atoms with Gasteiger partial charge in [0, 0.05) is 5.56 Å². The van der Waals surface area contributed by atoms with Crippen LogP contribution in [0.2, 0.25) is 0 Å². The number of allylic oxidation sites excluding steroid dienone is 2. The van der Waals surface area contributed by atoms with E-state index in [9.17, 15) is 17.6 Å². The van der Waals surface area contributed by atoms with Gasteiger partial charge in [-0.2, -0.15) is 13.2 Å². The van der Waals surface area contributed by atoms with Gasteiger partial charge in [0.1, 0.15) is 5.82 Å². The maximum atomic E-state index is 13.6. The molecule has 0 aliphatic heterocycles. The van der Waals surface area contributed by atoms with Crippen molar-refractivity contribution < 1.29 is 17.6 Å². The van der Waals surface area contributed by atoms with Crippen LogP contribution in [0, 0.1) is 41.3 Å². The molecule has 1 aromatic carbocycles. The quantitative estimate of drug-likeness (QED) is 0.355. The first-order valence-corrected chi connectivity index (χ1v) is 10.9. The summed E-state index contributed by atoms with van der Waals surface area (Å²) in [6.45, 7) is 2.31. The van der Waals surface area contributed by atoms with Crippen molar-refractivity contribution in [3.8, 4) is 11.8 Å². The van der Waals surface area contributed by atoms with Gasteiger partial charge in [-0.1, -0.05) is 44.1 Å². The van der Waals surface area contributed by atoms with Gasteiger partial charge in [-0.15, -0.1) is 0 Å². The van der Waals surface area contributed by atoms with Crippen LogP contribution >= 0.6 is 0 Å². The zero-order valence-electron chi connectivity index (χ0n) is 17.1. The molecule has 0 nitrogen and oxygen atoms in total. The molecule has 2 aliphatic carbocycles. The van der Waals surface area contributed by atoms with Crippen LogP contribution in [0.3, 0.4) is 0 Å². The number of halogens is 4. The van der Waals surface area contributed by atoms with Crippen LogP contribution in [-0.4, -0.2) is 0 Å². The van der Waals surface area contributed by atoms with Gasteiger partial charge in [-0.05, 0) is 86.5 Å². The van der Waals surface area contributed by atoms with Crippen molar-refractivity contribution in [3.63, 3.8) is 0 Å². The Hall–Kier alpha value is -1.76. The molecule has 158 valence electrons. The summed E-state index contributed by atoms with van der Waals surface area (Å²) in [4.78, 5) is 0. The average Bonchev–Trinajstić information content (AvgIpc) is 2.71. The molecular formula is C25H30F4. The smallest absolute Gasteiger partial charge is 0.206 e. The van der Waals surface area contributed by atoms with Crippen molar-refractivity contribution in [1.29, 1.82) is 0 Å². The molecule has 0 saturated heterocycles. The summed E-state index contributed by atoms with van der Waals surface area (Å²) in [7, 11) is 0. The van der Waals surface area contributed by atoms with E-state index >= 15 is 0 Å². The van der Waals surface area contributed by atoms with Crippen LogP contribution in [0.4, 0.5) is 17.6 Å². The molecule has 0 unspecified atom stereocenters. The lowest BCUT2D eigenvalue weighted by atomic mass is 9.69. The Morgan fingerprint density at radius 3 is 2.14 bits per heavy atom.